The molecule has 0 radical (unpaired) electrons. The van der Waals surface area contributed by atoms with E-state index in [4.69, 9.17) is 9.47 Å². The molecule has 2 aromatic carbocycles. The zero-order chi connectivity index (χ0) is 28.9. The van der Waals surface area contributed by atoms with Gasteiger partial charge in [0.05, 0.1) is 20.3 Å². The first-order valence-electron chi connectivity index (χ1n) is 13.6. The molecule has 0 saturated carbocycles. The summed E-state index contributed by atoms with van der Waals surface area (Å²) in [5, 5.41) is 2.59. The highest BCUT2D eigenvalue weighted by Crippen LogP contribution is 2.17. The molecule has 214 valence electrons. The first-order valence-corrected chi connectivity index (χ1v) is 13.6. The number of aromatic nitrogens is 1. The summed E-state index contributed by atoms with van der Waals surface area (Å²) in [4.78, 5) is 41.7. The van der Waals surface area contributed by atoms with Crippen molar-refractivity contribution < 1.29 is 23.9 Å². The summed E-state index contributed by atoms with van der Waals surface area (Å²) in [5.41, 5.74) is 3.04. The van der Waals surface area contributed by atoms with Gasteiger partial charge in [-0.25, -0.2) is 4.79 Å². The van der Waals surface area contributed by atoms with Crippen LogP contribution >= 0.6 is 0 Å². The predicted octanol–water partition coefficient (Wildman–Crippen LogP) is 4.30. The Morgan fingerprint density at radius 2 is 1.68 bits per heavy atom. The summed E-state index contributed by atoms with van der Waals surface area (Å²) in [6, 6.07) is 21.2. The second-order valence-electron chi connectivity index (χ2n) is 9.95. The minimum Gasteiger partial charge on any atom is -0.497 e. The second-order valence-corrected chi connectivity index (χ2v) is 9.95. The summed E-state index contributed by atoms with van der Waals surface area (Å²) in [6.07, 6.45) is 1.99. The van der Waals surface area contributed by atoms with Gasteiger partial charge in [-0.05, 0) is 48.2 Å². The van der Waals surface area contributed by atoms with E-state index in [1.54, 1.807) is 18.9 Å². The molecule has 0 atom stereocenters. The molecule has 1 aromatic heterocycles. The van der Waals surface area contributed by atoms with Crippen molar-refractivity contribution in [1.82, 2.24) is 19.7 Å². The molecule has 9 nitrogen and oxygen atoms in total. The minimum absolute atomic E-state index is 0.115. The first-order chi connectivity index (χ1) is 19.3. The van der Waals surface area contributed by atoms with Gasteiger partial charge in [0.15, 0.2) is 0 Å². The third kappa shape index (κ3) is 9.48. The standard InChI is InChI=1S/C31H40N4O5/c1-5-40-30(37)18-32-31(38)35(19-24(2)3)23-29(36)34(20-25-11-7-6-8-12-25)22-27-14-10-16-33(27)21-26-13-9-15-28(17-26)39-4/h6-17,24H,5,18-23H2,1-4H3,(H,32,38). The number of amides is 3. The van der Waals surface area contributed by atoms with Crippen molar-refractivity contribution in [2.24, 2.45) is 5.92 Å². The van der Waals surface area contributed by atoms with Gasteiger partial charge in [-0.15, -0.1) is 0 Å². The molecule has 0 aliphatic carbocycles. The molecule has 0 spiro atoms. The number of benzene rings is 2. The van der Waals surface area contributed by atoms with Crippen molar-refractivity contribution in [3.05, 3.63) is 89.7 Å². The van der Waals surface area contributed by atoms with Crippen LogP contribution in [0.2, 0.25) is 0 Å². The molecule has 1 N–H and O–H groups in total. The van der Waals surface area contributed by atoms with E-state index in [1.807, 2.05) is 86.8 Å². The Kier molecular flexibility index (Phi) is 11.6. The maximum atomic E-state index is 13.8. The second kappa shape index (κ2) is 15.4. The fourth-order valence-corrected chi connectivity index (χ4v) is 4.34. The van der Waals surface area contributed by atoms with Crippen molar-refractivity contribution in [2.75, 3.05) is 33.4 Å². The van der Waals surface area contributed by atoms with Gasteiger partial charge >= 0.3 is 12.0 Å². The topological polar surface area (TPSA) is 93.1 Å². The van der Waals surface area contributed by atoms with Gasteiger partial charge in [-0.1, -0.05) is 56.3 Å². The van der Waals surface area contributed by atoms with E-state index in [0.717, 1.165) is 22.6 Å². The number of carbonyl (C=O) groups is 3. The molecule has 3 rings (SSSR count). The van der Waals surface area contributed by atoms with Crippen LogP contribution in [-0.2, 0) is 34.0 Å². The lowest BCUT2D eigenvalue weighted by atomic mass is 10.2. The quantitative estimate of drug-likeness (QED) is 0.303. The number of hydrogen-bond donors (Lipinski definition) is 1. The van der Waals surface area contributed by atoms with Gasteiger partial charge in [-0.3, -0.25) is 9.59 Å². The Balaban J connectivity index is 1.79. The normalized spacial score (nSPS) is 10.7. The molecule has 9 heteroatoms. The van der Waals surface area contributed by atoms with Gasteiger partial charge in [0.2, 0.25) is 5.91 Å². The zero-order valence-electron chi connectivity index (χ0n) is 23.8. The first kappa shape index (κ1) is 30.3. The van der Waals surface area contributed by atoms with Crippen molar-refractivity contribution in [3.8, 4) is 5.75 Å². The van der Waals surface area contributed by atoms with Gasteiger partial charge in [0.25, 0.3) is 0 Å². The number of carbonyl (C=O) groups excluding carboxylic acids is 3. The summed E-state index contributed by atoms with van der Waals surface area (Å²) in [6.45, 7) is 7.28. The summed E-state index contributed by atoms with van der Waals surface area (Å²) >= 11 is 0. The maximum Gasteiger partial charge on any atom is 0.325 e. The molecule has 0 bridgehead atoms. The Labute approximate surface area is 236 Å². The third-order valence-electron chi connectivity index (χ3n) is 6.22. The number of hydrogen-bond acceptors (Lipinski definition) is 5. The number of nitrogens with zero attached hydrogens (tertiary/aromatic N) is 3. The number of methoxy groups -OCH3 is 1. The van der Waals surface area contributed by atoms with Crippen LogP contribution in [0, 0.1) is 5.92 Å². The van der Waals surface area contributed by atoms with Crippen molar-refractivity contribution in [2.45, 2.75) is 40.4 Å². The largest absolute Gasteiger partial charge is 0.497 e. The number of esters is 1. The zero-order valence-corrected chi connectivity index (χ0v) is 23.8. The van der Waals surface area contributed by atoms with Crippen LogP contribution in [0.5, 0.6) is 5.75 Å². The van der Waals surface area contributed by atoms with E-state index < -0.39 is 12.0 Å². The Hall–Kier alpha value is -4.27. The molecule has 40 heavy (non-hydrogen) atoms. The van der Waals surface area contributed by atoms with Gasteiger partial charge in [0, 0.05) is 31.5 Å². The molecule has 0 aliphatic rings. The average molecular weight is 549 g/mol. The van der Waals surface area contributed by atoms with Gasteiger partial charge in [-0.2, -0.15) is 0 Å². The number of nitrogens with one attached hydrogen (secondary N) is 1. The van der Waals surface area contributed by atoms with Crippen LogP contribution in [0.15, 0.2) is 72.9 Å². The monoisotopic (exact) mass is 548 g/mol. The smallest absolute Gasteiger partial charge is 0.325 e. The average Bonchev–Trinajstić information content (AvgIpc) is 3.37. The van der Waals surface area contributed by atoms with Crippen LogP contribution in [0.3, 0.4) is 0 Å². The van der Waals surface area contributed by atoms with E-state index in [0.29, 0.717) is 26.2 Å². The van der Waals surface area contributed by atoms with Crippen LogP contribution < -0.4 is 10.1 Å². The van der Waals surface area contributed by atoms with Crippen molar-refractivity contribution in [1.29, 1.82) is 0 Å². The lowest BCUT2D eigenvalue weighted by molar-refractivity contribution is -0.141. The highest BCUT2D eigenvalue weighted by Gasteiger charge is 2.24. The highest BCUT2D eigenvalue weighted by molar-refractivity contribution is 5.86. The summed E-state index contributed by atoms with van der Waals surface area (Å²) in [7, 11) is 1.65. The van der Waals surface area contributed by atoms with Gasteiger partial charge in [0.1, 0.15) is 18.8 Å². The molecule has 0 saturated heterocycles. The van der Waals surface area contributed by atoms with E-state index >= 15 is 0 Å². The fraction of sp³-hybridized carbons (Fsp3) is 0.387. The Morgan fingerprint density at radius 1 is 0.925 bits per heavy atom. The lowest BCUT2D eigenvalue weighted by Crippen LogP contribution is -2.48. The van der Waals surface area contributed by atoms with Crippen LogP contribution in [0.4, 0.5) is 4.79 Å². The molecule has 0 aliphatic heterocycles. The van der Waals surface area contributed by atoms with E-state index in [2.05, 4.69) is 9.88 Å². The van der Waals surface area contributed by atoms with E-state index in [-0.39, 0.29) is 31.5 Å². The molecule has 0 fully saturated rings. The molecule has 3 aromatic rings. The number of ether oxygens (including phenoxy) is 2. The van der Waals surface area contributed by atoms with Crippen molar-refractivity contribution >= 4 is 17.9 Å². The third-order valence-corrected chi connectivity index (χ3v) is 6.22. The van der Waals surface area contributed by atoms with Crippen LogP contribution in [0.1, 0.15) is 37.6 Å². The fourth-order valence-electron chi connectivity index (χ4n) is 4.34. The Bertz CT molecular complexity index is 1240. The lowest BCUT2D eigenvalue weighted by Gasteiger charge is -2.29. The number of urea groups is 1. The molecule has 0 unspecified atom stereocenters. The van der Waals surface area contributed by atoms with Crippen LogP contribution in [-0.4, -0.2) is 65.6 Å². The van der Waals surface area contributed by atoms with Gasteiger partial charge < -0.3 is 29.2 Å². The summed E-state index contributed by atoms with van der Waals surface area (Å²) < 4.78 is 12.4. The maximum absolute atomic E-state index is 13.8. The molecular weight excluding hydrogens is 508 g/mol. The van der Waals surface area contributed by atoms with Crippen LogP contribution in [0.25, 0.3) is 0 Å². The molecular formula is C31H40N4O5. The summed E-state index contributed by atoms with van der Waals surface area (Å²) in [5.74, 6) is 0.210. The predicted molar refractivity (Wildman–Crippen MR) is 154 cm³/mol. The minimum atomic E-state index is -0.519. The Morgan fingerprint density at radius 3 is 2.38 bits per heavy atom. The van der Waals surface area contributed by atoms with E-state index in [1.165, 1.54) is 4.90 Å². The van der Waals surface area contributed by atoms with Crippen molar-refractivity contribution in [3.63, 3.8) is 0 Å². The van der Waals surface area contributed by atoms with E-state index in [9.17, 15) is 14.4 Å². The number of rotatable bonds is 14. The highest BCUT2D eigenvalue weighted by atomic mass is 16.5. The SMILES string of the molecule is CCOC(=O)CNC(=O)N(CC(=O)N(Cc1ccccc1)Cc1cccn1Cc1cccc(OC)c1)CC(C)C. The molecule has 1 heterocycles. The molecule has 3 amide bonds.